The van der Waals surface area contributed by atoms with Crippen molar-refractivity contribution in [1.82, 2.24) is 0 Å². The number of anilines is 1. The number of rotatable bonds is 6. The van der Waals surface area contributed by atoms with Crippen molar-refractivity contribution in [2.75, 3.05) is 26.1 Å². The van der Waals surface area contributed by atoms with Crippen LogP contribution in [-0.2, 0) is 4.74 Å². The number of benzene rings is 2. The van der Waals surface area contributed by atoms with Crippen molar-refractivity contribution in [1.29, 1.82) is 0 Å². The SMILES string of the molecule is COc1ccc(NC(N)=NCC(OC)c2ccccc2Cl)cc1.I. The molecule has 0 heterocycles. The number of hydrogen-bond acceptors (Lipinski definition) is 3. The highest BCUT2D eigenvalue weighted by molar-refractivity contribution is 14.0. The molecule has 0 saturated carbocycles. The number of ether oxygens (including phenoxy) is 2. The molecule has 130 valence electrons. The van der Waals surface area contributed by atoms with Crippen LogP contribution in [0.3, 0.4) is 0 Å². The quantitative estimate of drug-likeness (QED) is 0.386. The van der Waals surface area contributed by atoms with Gasteiger partial charge in [-0.3, -0.25) is 4.99 Å². The maximum Gasteiger partial charge on any atom is 0.193 e. The van der Waals surface area contributed by atoms with Gasteiger partial charge in [0.2, 0.25) is 0 Å². The van der Waals surface area contributed by atoms with Crippen LogP contribution in [0.4, 0.5) is 5.69 Å². The lowest BCUT2D eigenvalue weighted by molar-refractivity contribution is 0.111. The van der Waals surface area contributed by atoms with Gasteiger partial charge in [0, 0.05) is 23.4 Å². The molecule has 24 heavy (non-hydrogen) atoms. The zero-order chi connectivity index (χ0) is 16.7. The van der Waals surface area contributed by atoms with Crippen LogP contribution in [0.15, 0.2) is 53.5 Å². The molecule has 0 aromatic heterocycles. The minimum absolute atomic E-state index is 0. The van der Waals surface area contributed by atoms with Crippen molar-refractivity contribution in [2.24, 2.45) is 10.7 Å². The summed E-state index contributed by atoms with van der Waals surface area (Å²) in [5, 5.41) is 3.67. The van der Waals surface area contributed by atoms with E-state index in [0.29, 0.717) is 17.5 Å². The van der Waals surface area contributed by atoms with Crippen LogP contribution in [0.25, 0.3) is 0 Å². The molecule has 0 saturated heterocycles. The summed E-state index contributed by atoms with van der Waals surface area (Å²) in [6, 6.07) is 14.9. The second-order valence-corrected chi connectivity index (χ2v) is 5.23. The number of nitrogens with two attached hydrogens (primary N) is 1. The minimum atomic E-state index is -0.250. The number of nitrogens with one attached hydrogen (secondary N) is 1. The normalized spacial score (nSPS) is 12.2. The molecule has 1 atom stereocenters. The van der Waals surface area contributed by atoms with Crippen molar-refractivity contribution in [3.8, 4) is 5.75 Å². The van der Waals surface area contributed by atoms with Crippen molar-refractivity contribution in [3.63, 3.8) is 0 Å². The summed E-state index contributed by atoms with van der Waals surface area (Å²) in [5.74, 6) is 1.09. The molecule has 0 bridgehead atoms. The van der Waals surface area contributed by atoms with Crippen LogP contribution >= 0.6 is 35.6 Å². The minimum Gasteiger partial charge on any atom is -0.497 e. The molecule has 2 aromatic carbocycles. The van der Waals surface area contributed by atoms with Crippen LogP contribution in [0, 0.1) is 0 Å². The second-order valence-electron chi connectivity index (χ2n) is 4.83. The Morgan fingerprint density at radius 1 is 1.17 bits per heavy atom. The van der Waals surface area contributed by atoms with Crippen LogP contribution in [-0.4, -0.2) is 26.7 Å². The van der Waals surface area contributed by atoms with Gasteiger partial charge in [-0.2, -0.15) is 0 Å². The molecule has 1 unspecified atom stereocenters. The zero-order valence-corrected chi connectivity index (χ0v) is 16.6. The Morgan fingerprint density at radius 3 is 2.42 bits per heavy atom. The standard InChI is InChI=1S/C17H20ClN3O2.HI/c1-22-13-9-7-12(8-10-13)21-17(19)20-11-16(23-2)14-5-3-4-6-15(14)18;/h3-10,16H,11H2,1-2H3,(H3,19,20,21);1H. The first-order valence-corrected chi connectivity index (χ1v) is 7.50. The van der Waals surface area contributed by atoms with Gasteiger partial charge < -0.3 is 20.5 Å². The molecule has 5 nitrogen and oxygen atoms in total. The van der Waals surface area contributed by atoms with Gasteiger partial charge in [-0.05, 0) is 30.3 Å². The first-order valence-electron chi connectivity index (χ1n) is 7.12. The summed E-state index contributed by atoms with van der Waals surface area (Å²) >= 11 is 6.18. The Bertz CT molecular complexity index is 665. The number of methoxy groups -OCH3 is 2. The summed E-state index contributed by atoms with van der Waals surface area (Å²) in [4.78, 5) is 4.32. The zero-order valence-electron chi connectivity index (χ0n) is 13.5. The fourth-order valence-corrected chi connectivity index (χ4v) is 2.34. The third-order valence-corrected chi connectivity index (χ3v) is 3.67. The van der Waals surface area contributed by atoms with Gasteiger partial charge >= 0.3 is 0 Å². The highest BCUT2D eigenvalue weighted by Gasteiger charge is 2.13. The van der Waals surface area contributed by atoms with Gasteiger partial charge in [0.25, 0.3) is 0 Å². The lowest BCUT2D eigenvalue weighted by Gasteiger charge is -2.15. The molecule has 0 aliphatic rings. The summed E-state index contributed by atoms with van der Waals surface area (Å²) in [5.41, 5.74) is 7.63. The lowest BCUT2D eigenvalue weighted by Crippen LogP contribution is -2.23. The molecule has 2 rings (SSSR count). The summed E-state index contributed by atoms with van der Waals surface area (Å²) in [7, 11) is 3.24. The topological polar surface area (TPSA) is 68.9 Å². The molecule has 2 aromatic rings. The van der Waals surface area contributed by atoms with Gasteiger partial charge in [0.1, 0.15) is 11.9 Å². The van der Waals surface area contributed by atoms with E-state index in [9.17, 15) is 0 Å². The van der Waals surface area contributed by atoms with E-state index < -0.39 is 0 Å². The molecule has 0 aliphatic heterocycles. The highest BCUT2D eigenvalue weighted by Crippen LogP contribution is 2.25. The molecule has 0 amide bonds. The van der Waals surface area contributed by atoms with Gasteiger partial charge in [0.15, 0.2) is 5.96 Å². The van der Waals surface area contributed by atoms with Gasteiger partial charge in [-0.15, -0.1) is 24.0 Å². The predicted octanol–water partition coefficient (Wildman–Crippen LogP) is 4.08. The van der Waals surface area contributed by atoms with E-state index in [1.165, 1.54) is 0 Å². The largest absolute Gasteiger partial charge is 0.497 e. The van der Waals surface area contributed by atoms with Gasteiger partial charge in [-0.25, -0.2) is 0 Å². The molecular weight excluding hydrogens is 441 g/mol. The predicted molar refractivity (Wildman–Crippen MR) is 110 cm³/mol. The molecule has 0 aliphatic carbocycles. The van der Waals surface area contributed by atoms with Crippen LogP contribution in [0.2, 0.25) is 5.02 Å². The van der Waals surface area contributed by atoms with E-state index in [-0.39, 0.29) is 30.1 Å². The van der Waals surface area contributed by atoms with E-state index in [2.05, 4.69) is 10.3 Å². The summed E-state index contributed by atoms with van der Waals surface area (Å²) in [6.07, 6.45) is -0.250. The average molecular weight is 462 g/mol. The molecule has 0 radical (unpaired) electrons. The molecule has 7 heteroatoms. The maximum atomic E-state index is 6.18. The Balaban J connectivity index is 0.00000288. The summed E-state index contributed by atoms with van der Waals surface area (Å²) < 4.78 is 10.6. The monoisotopic (exact) mass is 461 g/mol. The molecule has 0 spiro atoms. The number of aliphatic imine (C=N–C) groups is 1. The number of guanidine groups is 1. The van der Waals surface area contributed by atoms with E-state index in [1.807, 2.05) is 48.5 Å². The first-order chi connectivity index (χ1) is 11.1. The third kappa shape index (κ3) is 5.85. The Labute approximate surface area is 164 Å². The smallest absolute Gasteiger partial charge is 0.193 e. The fourth-order valence-electron chi connectivity index (χ4n) is 2.08. The molecule has 3 N–H and O–H groups in total. The third-order valence-electron chi connectivity index (χ3n) is 3.33. The van der Waals surface area contributed by atoms with E-state index in [4.69, 9.17) is 26.8 Å². The Morgan fingerprint density at radius 2 is 1.83 bits per heavy atom. The average Bonchev–Trinajstić information content (AvgIpc) is 2.57. The maximum absolute atomic E-state index is 6.18. The van der Waals surface area contributed by atoms with E-state index in [0.717, 1.165) is 17.0 Å². The van der Waals surface area contributed by atoms with Crippen molar-refractivity contribution >= 4 is 47.2 Å². The van der Waals surface area contributed by atoms with Crippen LogP contribution in [0.5, 0.6) is 5.75 Å². The molecular formula is C17H21ClIN3O2. The van der Waals surface area contributed by atoms with E-state index >= 15 is 0 Å². The van der Waals surface area contributed by atoms with Gasteiger partial charge in [-0.1, -0.05) is 29.8 Å². The van der Waals surface area contributed by atoms with Crippen LogP contribution < -0.4 is 15.8 Å². The number of halogens is 2. The first kappa shape index (κ1) is 20.5. The highest BCUT2D eigenvalue weighted by atomic mass is 127. The molecule has 0 fully saturated rings. The van der Waals surface area contributed by atoms with Crippen molar-refractivity contribution in [3.05, 3.63) is 59.1 Å². The Kier molecular flexibility index (Phi) is 8.88. The van der Waals surface area contributed by atoms with E-state index in [1.54, 1.807) is 14.2 Å². The summed E-state index contributed by atoms with van der Waals surface area (Å²) in [6.45, 7) is 0.370. The second kappa shape index (κ2) is 10.4. The number of hydrogen-bond donors (Lipinski definition) is 2. The Hall–Kier alpha value is -1.51. The lowest BCUT2D eigenvalue weighted by atomic mass is 10.1. The van der Waals surface area contributed by atoms with Crippen molar-refractivity contribution < 1.29 is 9.47 Å². The van der Waals surface area contributed by atoms with Crippen LogP contribution in [0.1, 0.15) is 11.7 Å². The fraction of sp³-hybridized carbons (Fsp3) is 0.235. The van der Waals surface area contributed by atoms with Gasteiger partial charge in [0.05, 0.1) is 13.7 Å². The number of nitrogens with zero attached hydrogens (tertiary/aromatic N) is 1. The van der Waals surface area contributed by atoms with Crippen molar-refractivity contribution in [2.45, 2.75) is 6.10 Å².